The van der Waals surface area contributed by atoms with Gasteiger partial charge in [-0.1, -0.05) is 0 Å². The molecule has 0 radical (unpaired) electrons. The Morgan fingerprint density at radius 2 is 1.90 bits per heavy atom. The summed E-state index contributed by atoms with van der Waals surface area (Å²) in [5, 5.41) is 0. The maximum absolute atomic E-state index is 6.07. The molecule has 0 aromatic carbocycles. The number of nitrogens with two attached hydrogens (primary N) is 1. The molecule has 6 heteroatoms. The van der Waals surface area contributed by atoms with Gasteiger partial charge in [0.2, 0.25) is 0 Å². The third-order valence-corrected chi connectivity index (χ3v) is 4.62. The highest BCUT2D eigenvalue weighted by molar-refractivity contribution is 9.10. The second-order valence-electron chi connectivity index (χ2n) is 5.43. The van der Waals surface area contributed by atoms with Crippen molar-refractivity contribution in [1.29, 1.82) is 0 Å². The molecule has 2 fully saturated rings. The Kier molecular flexibility index (Phi) is 4.43. The molecule has 2 aliphatic rings. The Morgan fingerprint density at radius 3 is 2.55 bits per heavy atom. The summed E-state index contributed by atoms with van der Waals surface area (Å²) in [7, 11) is 0. The molecule has 110 valence electrons. The van der Waals surface area contributed by atoms with E-state index in [2.05, 4.69) is 30.7 Å². The molecule has 3 rings (SSSR count). The second-order valence-corrected chi connectivity index (χ2v) is 6.35. The van der Waals surface area contributed by atoms with Crippen LogP contribution in [0.4, 0.5) is 11.5 Å². The van der Waals surface area contributed by atoms with Gasteiger partial charge in [0, 0.05) is 42.9 Å². The van der Waals surface area contributed by atoms with E-state index in [0.29, 0.717) is 6.04 Å². The molecule has 0 atom stereocenters. The number of morpholine rings is 1. The zero-order valence-electron chi connectivity index (χ0n) is 11.6. The quantitative estimate of drug-likeness (QED) is 0.888. The topological polar surface area (TPSA) is 54.6 Å². The fourth-order valence-corrected chi connectivity index (χ4v) is 3.45. The normalized spacial score (nSPS) is 22.1. The van der Waals surface area contributed by atoms with Crippen LogP contribution in [-0.2, 0) is 4.74 Å². The summed E-state index contributed by atoms with van der Waals surface area (Å²) in [4.78, 5) is 9.33. The molecular weight excluding hydrogens is 320 g/mol. The number of rotatable bonds is 2. The van der Waals surface area contributed by atoms with E-state index in [1.54, 1.807) is 0 Å². The lowest BCUT2D eigenvalue weighted by atomic mass is 10.0. The summed E-state index contributed by atoms with van der Waals surface area (Å²) in [6.07, 6.45) is 4.17. The fourth-order valence-electron chi connectivity index (χ4n) is 3.10. The Morgan fingerprint density at radius 1 is 1.20 bits per heavy atom. The number of piperidine rings is 1. The summed E-state index contributed by atoms with van der Waals surface area (Å²) in [6, 6.07) is 2.61. The van der Waals surface area contributed by atoms with Crippen LogP contribution in [0.15, 0.2) is 16.7 Å². The standard InChI is InChI=1S/C14H21BrN4O/c15-11-9-13(16)14(17-10-11)19-3-1-12(2-4-19)18-5-7-20-8-6-18/h9-10,12H,1-8,16H2. The van der Waals surface area contributed by atoms with E-state index >= 15 is 0 Å². The van der Waals surface area contributed by atoms with Crippen LogP contribution in [0.5, 0.6) is 0 Å². The number of hydrogen-bond acceptors (Lipinski definition) is 5. The largest absolute Gasteiger partial charge is 0.396 e. The molecular formula is C14H21BrN4O. The van der Waals surface area contributed by atoms with Crippen molar-refractivity contribution in [3.8, 4) is 0 Å². The predicted octanol–water partition coefficient (Wildman–Crippen LogP) is 1.73. The highest BCUT2D eigenvalue weighted by Gasteiger charge is 2.26. The van der Waals surface area contributed by atoms with E-state index in [9.17, 15) is 0 Å². The van der Waals surface area contributed by atoms with Crippen molar-refractivity contribution in [2.24, 2.45) is 0 Å². The average Bonchev–Trinajstić information content (AvgIpc) is 2.48. The first kappa shape index (κ1) is 14.1. The molecule has 0 saturated carbocycles. The van der Waals surface area contributed by atoms with Crippen LogP contribution in [-0.4, -0.2) is 55.3 Å². The molecule has 3 heterocycles. The van der Waals surface area contributed by atoms with Crippen LogP contribution in [0.25, 0.3) is 0 Å². The number of ether oxygens (including phenoxy) is 1. The summed E-state index contributed by atoms with van der Waals surface area (Å²) in [5.74, 6) is 0.925. The zero-order chi connectivity index (χ0) is 13.9. The van der Waals surface area contributed by atoms with E-state index < -0.39 is 0 Å². The number of pyridine rings is 1. The lowest BCUT2D eigenvalue weighted by Gasteiger charge is -2.40. The van der Waals surface area contributed by atoms with Crippen molar-refractivity contribution in [3.63, 3.8) is 0 Å². The molecule has 1 aromatic heterocycles. The Bertz CT molecular complexity index is 456. The molecule has 0 spiro atoms. The van der Waals surface area contributed by atoms with Crippen molar-refractivity contribution >= 4 is 27.4 Å². The summed E-state index contributed by atoms with van der Waals surface area (Å²) < 4.78 is 6.36. The third-order valence-electron chi connectivity index (χ3n) is 4.19. The second kappa shape index (κ2) is 6.28. The minimum absolute atomic E-state index is 0.687. The fraction of sp³-hybridized carbons (Fsp3) is 0.643. The molecule has 0 amide bonds. The minimum Gasteiger partial charge on any atom is -0.396 e. The molecule has 2 N–H and O–H groups in total. The number of nitrogen functional groups attached to an aromatic ring is 1. The van der Waals surface area contributed by atoms with Gasteiger partial charge in [-0.15, -0.1) is 0 Å². The van der Waals surface area contributed by atoms with Crippen LogP contribution in [0.1, 0.15) is 12.8 Å². The van der Waals surface area contributed by atoms with Crippen LogP contribution < -0.4 is 10.6 Å². The van der Waals surface area contributed by atoms with Crippen molar-refractivity contribution in [1.82, 2.24) is 9.88 Å². The van der Waals surface area contributed by atoms with Crippen molar-refractivity contribution < 1.29 is 4.74 Å². The number of hydrogen-bond donors (Lipinski definition) is 1. The molecule has 2 saturated heterocycles. The third kappa shape index (κ3) is 3.07. The van der Waals surface area contributed by atoms with Crippen LogP contribution >= 0.6 is 15.9 Å². The lowest BCUT2D eigenvalue weighted by molar-refractivity contribution is 0.0115. The molecule has 1 aromatic rings. The minimum atomic E-state index is 0.687. The molecule has 2 aliphatic heterocycles. The van der Waals surface area contributed by atoms with Crippen molar-refractivity contribution in [2.45, 2.75) is 18.9 Å². The van der Waals surface area contributed by atoms with E-state index in [4.69, 9.17) is 10.5 Å². The molecule has 20 heavy (non-hydrogen) atoms. The van der Waals surface area contributed by atoms with Gasteiger partial charge in [-0.3, -0.25) is 4.90 Å². The first-order valence-electron chi connectivity index (χ1n) is 7.22. The number of nitrogens with zero attached hydrogens (tertiary/aromatic N) is 3. The van der Waals surface area contributed by atoms with Gasteiger partial charge >= 0.3 is 0 Å². The highest BCUT2D eigenvalue weighted by Crippen LogP contribution is 2.27. The van der Waals surface area contributed by atoms with E-state index in [-0.39, 0.29) is 0 Å². The molecule has 0 bridgehead atoms. The van der Waals surface area contributed by atoms with Crippen molar-refractivity contribution in [3.05, 3.63) is 16.7 Å². The first-order valence-corrected chi connectivity index (χ1v) is 8.01. The Hall–Kier alpha value is -0.850. The van der Waals surface area contributed by atoms with E-state index in [1.165, 1.54) is 12.8 Å². The van der Waals surface area contributed by atoms with Crippen LogP contribution in [0.3, 0.4) is 0 Å². The summed E-state index contributed by atoms with van der Waals surface area (Å²) >= 11 is 3.40. The maximum Gasteiger partial charge on any atom is 0.151 e. The average molecular weight is 341 g/mol. The Balaban J connectivity index is 1.60. The maximum atomic E-state index is 6.07. The van der Waals surface area contributed by atoms with Gasteiger partial charge in [0.05, 0.1) is 18.9 Å². The number of aromatic nitrogens is 1. The number of halogens is 1. The SMILES string of the molecule is Nc1cc(Br)cnc1N1CCC(N2CCOCC2)CC1. The molecule has 5 nitrogen and oxygen atoms in total. The highest BCUT2D eigenvalue weighted by atomic mass is 79.9. The van der Waals surface area contributed by atoms with Crippen molar-refractivity contribution in [2.75, 3.05) is 50.0 Å². The zero-order valence-corrected chi connectivity index (χ0v) is 13.2. The molecule has 0 unspecified atom stereocenters. The molecule has 0 aliphatic carbocycles. The van der Waals surface area contributed by atoms with Gasteiger partial charge in [0.25, 0.3) is 0 Å². The van der Waals surface area contributed by atoms with Gasteiger partial charge in [0.15, 0.2) is 5.82 Å². The van der Waals surface area contributed by atoms with E-state index in [0.717, 1.165) is 55.4 Å². The number of anilines is 2. The summed E-state index contributed by atoms with van der Waals surface area (Å²) in [6.45, 7) is 5.96. The van der Waals surface area contributed by atoms with Gasteiger partial charge in [-0.2, -0.15) is 0 Å². The Labute approximate surface area is 128 Å². The lowest BCUT2D eigenvalue weighted by Crippen LogP contribution is -2.49. The first-order chi connectivity index (χ1) is 9.74. The van der Waals surface area contributed by atoms with Gasteiger partial charge < -0.3 is 15.4 Å². The van der Waals surface area contributed by atoms with E-state index in [1.807, 2.05) is 12.3 Å². The monoisotopic (exact) mass is 340 g/mol. The van der Waals surface area contributed by atoms with Gasteiger partial charge in [-0.25, -0.2) is 4.98 Å². The predicted molar refractivity (Wildman–Crippen MR) is 84.0 cm³/mol. The van der Waals surface area contributed by atoms with Gasteiger partial charge in [-0.05, 0) is 34.8 Å². The van der Waals surface area contributed by atoms with Crippen LogP contribution in [0.2, 0.25) is 0 Å². The van der Waals surface area contributed by atoms with Crippen LogP contribution in [0, 0.1) is 0 Å². The van der Waals surface area contributed by atoms with Gasteiger partial charge in [0.1, 0.15) is 0 Å². The summed E-state index contributed by atoms with van der Waals surface area (Å²) in [5.41, 5.74) is 6.82. The smallest absolute Gasteiger partial charge is 0.151 e.